The molecule has 1 aliphatic heterocycles. The van der Waals surface area contributed by atoms with E-state index in [0.717, 1.165) is 0 Å². The molecule has 8 heteroatoms. The van der Waals surface area contributed by atoms with Gasteiger partial charge in [-0.15, -0.1) is 12.4 Å². The number of nitrogens with one attached hydrogen (secondary N) is 1. The van der Waals surface area contributed by atoms with Crippen molar-refractivity contribution in [2.45, 2.75) is 25.8 Å². The van der Waals surface area contributed by atoms with Gasteiger partial charge in [-0.2, -0.15) is 0 Å². The molecule has 1 aromatic carbocycles. The maximum Gasteiger partial charge on any atom is 0.227 e. The average Bonchev–Trinajstić information content (AvgIpc) is 2.86. The van der Waals surface area contributed by atoms with E-state index in [0.29, 0.717) is 29.5 Å². The van der Waals surface area contributed by atoms with E-state index in [1.54, 1.807) is 23.1 Å². The van der Waals surface area contributed by atoms with Crippen LogP contribution in [0.4, 0.5) is 5.69 Å². The van der Waals surface area contributed by atoms with Crippen LogP contribution in [0.3, 0.4) is 0 Å². The SMILES string of the molecule is COc1ccc(Cl)cc1N1CC(C(=O)NCC(C)(C)N)CC1=O.Cl. The van der Waals surface area contributed by atoms with E-state index < -0.39 is 11.5 Å². The third-order valence-electron chi connectivity index (χ3n) is 3.65. The van der Waals surface area contributed by atoms with Crippen molar-refractivity contribution in [3.63, 3.8) is 0 Å². The van der Waals surface area contributed by atoms with Crippen LogP contribution in [0.25, 0.3) is 0 Å². The summed E-state index contributed by atoms with van der Waals surface area (Å²) in [6.45, 7) is 4.32. The second-order valence-electron chi connectivity index (χ2n) is 6.43. The van der Waals surface area contributed by atoms with E-state index in [4.69, 9.17) is 22.1 Å². The van der Waals surface area contributed by atoms with E-state index >= 15 is 0 Å². The van der Waals surface area contributed by atoms with Crippen LogP contribution in [-0.4, -0.2) is 37.6 Å². The molecule has 1 saturated heterocycles. The summed E-state index contributed by atoms with van der Waals surface area (Å²) in [5, 5.41) is 3.30. The van der Waals surface area contributed by atoms with Crippen molar-refractivity contribution < 1.29 is 14.3 Å². The molecule has 0 spiro atoms. The first-order valence-corrected chi connectivity index (χ1v) is 7.79. The molecule has 2 rings (SSSR count). The molecule has 1 atom stereocenters. The highest BCUT2D eigenvalue weighted by atomic mass is 35.5. The van der Waals surface area contributed by atoms with Gasteiger partial charge in [0.05, 0.1) is 18.7 Å². The van der Waals surface area contributed by atoms with Gasteiger partial charge in [0, 0.05) is 30.1 Å². The van der Waals surface area contributed by atoms with Crippen molar-refractivity contribution in [1.82, 2.24) is 5.32 Å². The molecule has 134 valence electrons. The van der Waals surface area contributed by atoms with Gasteiger partial charge < -0.3 is 20.7 Å². The zero-order valence-electron chi connectivity index (χ0n) is 14.0. The van der Waals surface area contributed by atoms with Crippen molar-refractivity contribution in [2.75, 3.05) is 25.1 Å². The number of nitrogens with zero attached hydrogens (tertiary/aromatic N) is 1. The van der Waals surface area contributed by atoms with Crippen molar-refractivity contribution in [3.05, 3.63) is 23.2 Å². The third kappa shape index (κ3) is 5.00. The number of nitrogens with two attached hydrogens (primary N) is 1. The van der Waals surface area contributed by atoms with Gasteiger partial charge in [-0.1, -0.05) is 11.6 Å². The predicted octanol–water partition coefficient (Wildman–Crippen LogP) is 1.98. The topological polar surface area (TPSA) is 84.7 Å². The van der Waals surface area contributed by atoms with E-state index in [1.165, 1.54) is 7.11 Å². The smallest absolute Gasteiger partial charge is 0.227 e. The first kappa shape index (κ1) is 20.5. The molecule has 3 N–H and O–H groups in total. The zero-order chi connectivity index (χ0) is 17.2. The number of carbonyl (C=O) groups excluding carboxylic acids is 2. The molecule has 0 aromatic heterocycles. The Morgan fingerprint density at radius 1 is 1.50 bits per heavy atom. The minimum atomic E-state index is -0.492. The Labute approximate surface area is 153 Å². The summed E-state index contributed by atoms with van der Waals surface area (Å²) in [5.41, 5.74) is 5.95. The van der Waals surface area contributed by atoms with Gasteiger partial charge in [0.25, 0.3) is 0 Å². The number of anilines is 1. The molecule has 6 nitrogen and oxygen atoms in total. The van der Waals surface area contributed by atoms with Crippen molar-refractivity contribution >= 4 is 41.5 Å². The van der Waals surface area contributed by atoms with Crippen LogP contribution in [0.15, 0.2) is 18.2 Å². The van der Waals surface area contributed by atoms with Gasteiger partial charge in [0.15, 0.2) is 0 Å². The summed E-state index contributed by atoms with van der Waals surface area (Å²) in [5.74, 6) is -0.154. The van der Waals surface area contributed by atoms with E-state index in [-0.39, 0.29) is 30.6 Å². The molecule has 1 aromatic rings. The number of rotatable bonds is 5. The standard InChI is InChI=1S/C16H22ClN3O3.ClH/c1-16(2,18)9-19-15(22)10-6-14(21)20(8-10)12-7-11(17)4-5-13(12)23-3;/h4-5,7,10H,6,8-9,18H2,1-3H3,(H,19,22);1H. The normalized spacial score (nSPS) is 17.5. The van der Waals surface area contributed by atoms with Crippen LogP contribution in [-0.2, 0) is 9.59 Å². The minimum Gasteiger partial charge on any atom is -0.495 e. The van der Waals surface area contributed by atoms with E-state index in [1.807, 2.05) is 13.8 Å². The second-order valence-corrected chi connectivity index (χ2v) is 6.86. The van der Waals surface area contributed by atoms with Crippen molar-refractivity contribution in [2.24, 2.45) is 11.7 Å². The molecule has 1 unspecified atom stereocenters. The number of ether oxygens (including phenoxy) is 1. The van der Waals surface area contributed by atoms with Crippen molar-refractivity contribution in [1.29, 1.82) is 0 Å². The maximum atomic E-state index is 12.3. The molecule has 0 bridgehead atoms. The maximum absolute atomic E-state index is 12.3. The van der Waals surface area contributed by atoms with Crippen LogP contribution in [0.1, 0.15) is 20.3 Å². The number of carbonyl (C=O) groups is 2. The highest BCUT2D eigenvalue weighted by Crippen LogP contribution is 2.35. The van der Waals surface area contributed by atoms with Crippen LogP contribution < -0.4 is 20.7 Å². The molecular formula is C16H23Cl2N3O3. The number of halogens is 2. The number of hydrogen-bond acceptors (Lipinski definition) is 4. The molecular weight excluding hydrogens is 353 g/mol. The molecule has 2 amide bonds. The van der Waals surface area contributed by atoms with Gasteiger partial charge in [-0.3, -0.25) is 9.59 Å². The van der Waals surface area contributed by atoms with Crippen LogP contribution in [0, 0.1) is 5.92 Å². The fraction of sp³-hybridized carbons (Fsp3) is 0.500. The fourth-order valence-electron chi connectivity index (χ4n) is 2.45. The summed E-state index contributed by atoms with van der Waals surface area (Å²) < 4.78 is 5.28. The molecule has 0 saturated carbocycles. The van der Waals surface area contributed by atoms with Gasteiger partial charge in [0.2, 0.25) is 11.8 Å². The number of benzene rings is 1. The Balaban J connectivity index is 0.00000288. The third-order valence-corrected chi connectivity index (χ3v) is 3.88. The number of amides is 2. The molecule has 1 aliphatic rings. The van der Waals surface area contributed by atoms with Gasteiger partial charge in [-0.25, -0.2) is 0 Å². The van der Waals surface area contributed by atoms with Gasteiger partial charge in [-0.05, 0) is 32.0 Å². The first-order chi connectivity index (χ1) is 10.7. The molecule has 24 heavy (non-hydrogen) atoms. The monoisotopic (exact) mass is 375 g/mol. The summed E-state index contributed by atoms with van der Waals surface area (Å²) >= 11 is 6.01. The Hall–Kier alpha value is -1.50. The lowest BCUT2D eigenvalue weighted by atomic mass is 10.1. The quantitative estimate of drug-likeness (QED) is 0.823. The van der Waals surface area contributed by atoms with Crippen molar-refractivity contribution in [3.8, 4) is 5.75 Å². The average molecular weight is 376 g/mol. The Kier molecular flexibility index (Phi) is 6.89. The number of methoxy groups -OCH3 is 1. The molecule has 1 heterocycles. The lowest BCUT2D eigenvalue weighted by Crippen LogP contribution is -2.46. The van der Waals surface area contributed by atoms with Crippen LogP contribution >= 0.6 is 24.0 Å². The summed E-state index contributed by atoms with van der Waals surface area (Å²) in [4.78, 5) is 26.1. The lowest BCUT2D eigenvalue weighted by Gasteiger charge is -2.21. The van der Waals surface area contributed by atoms with Gasteiger partial charge in [0.1, 0.15) is 5.75 Å². The largest absolute Gasteiger partial charge is 0.495 e. The Bertz CT molecular complexity index is 617. The van der Waals surface area contributed by atoms with Crippen LogP contribution in [0.2, 0.25) is 5.02 Å². The highest BCUT2D eigenvalue weighted by molar-refractivity contribution is 6.31. The summed E-state index contributed by atoms with van der Waals surface area (Å²) in [6, 6.07) is 5.06. The number of hydrogen-bond donors (Lipinski definition) is 2. The zero-order valence-corrected chi connectivity index (χ0v) is 15.5. The van der Waals surface area contributed by atoms with E-state index in [2.05, 4.69) is 5.32 Å². The van der Waals surface area contributed by atoms with E-state index in [9.17, 15) is 9.59 Å². The summed E-state index contributed by atoms with van der Waals surface area (Å²) in [7, 11) is 1.53. The Morgan fingerprint density at radius 2 is 2.17 bits per heavy atom. The second kappa shape index (κ2) is 8.05. The summed E-state index contributed by atoms with van der Waals surface area (Å²) in [6.07, 6.45) is 0.159. The van der Waals surface area contributed by atoms with Gasteiger partial charge >= 0.3 is 0 Å². The molecule has 0 radical (unpaired) electrons. The fourth-order valence-corrected chi connectivity index (χ4v) is 2.62. The predicted molar refractivity (Wildman–Crippen MR) is 97.0 cm³/mol. The molecule has 1 fully saturated rings. The highest BCUT2D eigenvalue weighted by Gasteiger charge is 2.36. The minimum absolute atomic E-state index is 0. The lowest BCUT2D eigenvalue weighted by molar-refractivity contribution is -0.126. The Morgan fingerprint density at radius 3 is 2.75 bits per heavy atom. The molecule has 0 aliphatic carbocycles. The van der Waals surface area contributed by atoms with Crippen LogP contribution in [0.5, 0.6) is 5.75 Å². The first-order valence-electron chi connectivity index (χ1n) is 7.42.